The lowest BCUT2D eigenvalue weighted by Gasteiger charge is -2.07. The van der Waals surface area contributed by atoms with E-state index < -0.39 is 17.5 Å². The fourth-order valence-corrected chi connectivity index (χ4v) is 2.39. The van der Waals surface area contributed by atoms with Crippen molar-refractivity contribution in [1.82, 2.24) is 0 Å². The van der Waals surface area contributed by atoms with E-state index in [-0.39, 0.29) is 20.5 Å². The molecule has 0 spiro atoms. The normalized spacial score (nSPS) is 10.7. The Balaban J connectivity index is 2.40. The third-order valence-electron chi connectivity index (χ3n) is 2.17. The van der Waals surface area contributed by atoms with Gasteiger partial charge in [-0.2, -0.15) is 0 Å². The number of rotatable bonds is 2. The Hall–Kier alpha value is -1.33. The Morgan fingerprint density at radius 1 is 0.944 bits per heavy atom. The van der Waals surface area contributed by atoms with Crippen LogP contribution >= 0.6 is 23.4 Å². The predicted octanol–water partition coefficient (Wildman–Crippen LogP) is 4.49. The van der Waals surface area contributed by atoms with Gasteiger partial charge >= 0.3 is 0 Å². The van der Waals surface area contributed by atoms with Gasteiger partial charge in [-0.25, -0.2) is 13.2 Å². The summed E-state index contributed by atoms with van der Waals surface area (Å²) in [5.74, 6) is -1.84. The monoisotopic (exact) mass is 289 g/mol. The molecule has 0 atom stereocenters. The quantitative estimate of drug-likeness (QED) is 0.824. The number of hydrogen-bond donors (Lipinski definition) is 1. The van der Waals surface area contributed by atoms with Crippen LogP contribution in [0.2, 0.25) is 5.02 Å². The van der Waals surface area contributed by atoms with E-state index in [4.69, 9.17) is 17.3 Å². The Kier molecular flexibility index (Phi) is 3.73. The molecule has 6 heteroatoms. The fourth-order valence-electron chi connectivity index (χ4n) is 1.31. The molecule has 2 N–H and O–H groups in total. The van der Waals surface area contributed by atoms with Crippen molar-refractivity contribution in [3.63, 3.8) is 0 Å². The van der Waals surface area contributed by atoms with Gasteiger partial charge < -0.3 is 5.73 Å². The van der Waals surface area contributed by atoms with E-state index in [0.29, 0.717) is 0 Å². The molecular formula is C12H7ClF3NS. The third kappa shape index (κ3) is 2.73. The van der Waals surface area contributed by atoms with Crippen molar-refractivity contribution in [2.75, 3.05) is 5.73 Å². The highest BCUT2D eigenvalue weighted by molar-refractivity contribution is 7.99. The maximum absolute atomic E-state index is 13.4. The summed E-state index contributed by atoms with van der Waals surface area (Å²) in [6.07, 6.45) is 0. The lowest BCUT2D eigenvalue weighted by molar-refractivity contribution is 0.577. The highest BCUT2D eigenvalue weighted by Gasteiger charge is 2.11. The van der Waals surface area contributed by atoms with E-state index in [2.05, 4.69) is 0 Å². The first-order valence-corrected chi connectivity index (χ1v) is 6.04. The van der Waals surface area contributed by atoms with E-state index in [1.807, 2.05) is 0 Å². The van der Waals surface area contributed by atoms with Gasteiger partial charge in [-0.1, -0.05) is 23.4 Å². The van der Waals surface area contributed by atoms with E-state index in [1.54, 1.807) is 0 Å². The summed E-state index contributed by atoms with van der Waals surface area (Å²) in [5.41, 5.74) is 5.84. The van der Waals surface area contributed by atoms with Crippen LogP contribution in [0.15, 0.2) is 40.1 Å². The molecule has 0 fully saturated rings. The smallest absolute Gasteiger partial charge is 0.143 e. The second-order valence-corrected chi connectivity index (χ2v) is 4.97. The number of benzene rings is 2. The zero-order valence-electron chi connectivity index (χ0n) is 8.88. The number of nitrogens with two attached hydrogens (primary N) is 1. The van der Waals surface area contributed by atoms with Crippen LogP contribution < -0.4 is 5.73 Å². The minimum atomic E-state index is -0.662. The first-order chi connectivity index (χ1) is 8.47. The van der Waals surface area contributed by atoms with Crippen molar-refractivity contribution in [3.05, 3.63) is 52.8 Å². The highest BCUT2D eigenvalue weighted by atomic mass is 35.5. The molecular weight excluding hydrogens is 283 g/mol. The van der Waals surface area contributed by atoms with E-state index >= 15 is 0 Å². The van der Waals surface area contributed by atoms with Crippen molar-refractivity contribution < 1.29 is 13.2 Å². The van der Waals surface area contributed by atoms with Crippen molar-refractivity contribution in [2.24, 2.45) is 0 Å². The number of anilines is 1. The van der Waals surface area contributed by atoms with Crippen molar-refractivity contribution in [3.8, 4) is 0 Å². The van der Waals surface area contributed by atoms with E-state index in [0.717, 1.165) is 36.0 Å². The molecule has 1 nitrogen and oxygen atoms in total. The SMILES string of the molecule is Nc1cc(Cl)c(F)cc1Sc1cc(F)ccc1F. The van der Waals surface area contributed by atoms with Crippen molar-refractivity contribution in [2.45, 2.75) is 9.79 Å². The minimum Gasteiger partial charge on any atom is -0.398 e. The van der Waals surface area contributed by atoms with Gasteiger partial charge in [-0.3, -0.25) is 0 Å². The fraction of sp³-hybridized carbons (Fsp3) is 0. The predicted molar refractivity (Wildman–Crippen MR) is 66.3 cm³/mol. The van der Waals surface area contributed by atoms with Gasteiger partial charge in [0, 0.05) is 10.6 Å². The molecule has 2 rings (SSSR count). The summed E-state index contributed by atoms with van der Waals surface area (Å²) in [7, 11) is 0. The second kappa shape index (κ2) is 5.12. The summed E-state index contributed by atoms with van der Waals surface area (Å²) in [4.78, 5) is 0.310. The van der Waals surface area contributed by atoms with Gasteiger partial charge in [0.05, 0.1) is 9.92 Å². The molecule has 0 saturated carbocycles. The molecule has 0 amide bonds. The standard InChI is InChI=1S/C12H7ClF3NS/c13-7-4-10(17)12(5-9(7)16)18-11-3-6(14)1-2-8(11)15/h1-5H,17H2. The molecule has 0 unspecified atom stereocenters. The van der Waals surface area contributed by atoms with Crippen LogP contribution in [0.4, 0.5) is 18.9 Å². The van der Waals surface area contributed by atoms with Gasteiger partial charge in [-0.15, -0.1) is 0 Å². The van der Waals surface area contributed by atoms with Gasteiger partial charge in [0.15, 0.2) is 0 Å². The van der Waals surface area contributed by atoms with Gasteiger partial charge in [-0.05, 0) is 30.3 Å². The topological polar surface area (TPSA) is 26.0 Å². The van der Waals surface area contributed by atoms with Gasteiger partial charge in [0.2, 0.25) is 0 Å². The van der Waals surface area contributed by atoms with Crippen LogP contribution in [0.5, 0.6) is 0 Å². The average molecular weight is 290 g/mol. The Morgan fingerprint density at radius 3 is 2.39 bits per heavy atom. The highest BCUT2D eigenvalue weighted by Crippen LogP contribution is 2.36. The maximum Gasteiger partial charge on any atom is 0.143 e. The summed E-state index contributed by atoms with van der Waals surface area (Å²) < 4.78 is 39.7. The molecule has 0 heterocycles. The maximum atomic E-state index is 13.4. The first-order valence-electron chi connectivity index (χ1n) is 4.85. The Labute approximate surface area is 111 Å². The van der Waals surface area contributed by atoms with Crippen LogP contribution in [-0.4, -0.2) is 0 Å². The number of hydrogen-bond acceptors (Lipinski definition) is 2. The zero-order chi connectivity index (χ0) is 13.3. The molecule has 0 aliphatic rings. The molecule has 0 radical (unpaired) electrons. The molecule has 0 aliphatic carbocycles. The van der Waals surface area contributed by atoms with Crippen LogP contribution in [0.1, 0.15) is 0 Å². The molecule has 0 aromatic heterocycles. The lowest BCUT2D eigenvalue weighted by Crippen LogP contribution is -1.92. The number of halogens is 4. The van der Waals surface area contributed by atoms with Crippen LogP contribution in [0.3, 0.4) is 0 Å². The first kappa shape index (κ1) is 13.1. The summed E-state index contributed by atoms with van der Waals surface area (Å²) in [6, 6.07) is 5.35. The molecule has 18 heavy (non-hydrogen) atoms. The van der Waals surface area contributed by atoms with Crippen molar-refractivity contribution >= 4 is 29.1 Å². The third-order valence-corrected chi connectivity index (χ3v) is 3.56. The second-order valence-electron chi connectivity index (χ2n) is 3.48. The molecule has 0 bridgehead atoms. The average Bonchev–Trinajstić information content (AvgIpc) is 2.30. The Bertz CT molecular complexity index is 604. The number of nitrogen functional groups attached to an aromatic ring is 1. The molecule has 0 saturated heterocycles. The molecule has 2 aromatic rings. The van der Waals surface area contributed by atoms with Crippen LogP contribution in [0, 0.1) is 17.5 Å². The lowest BCUT2D eigenvalue weighted by atomic mass is 10.3. The van der Waals surface area contributed by atoms with Crippen LogP contribution in [-0.2, 0) is 0 Å². The molecule has 94 valence electrons. The minimum absolute atomic E-state index is 0.0309. The molecule has 0 aliphatic heterocycles. The summed E-state index contributed by atoms with van der Waals surface area (Å²) in [5, 5.41) is -0.114. The summed E-state index contributed by atoms with van der Waals surface area (Å²) in [6.45, 7) is 0. The van der Waals surface area contributed by atoms with E-state index in [1.165, 1.54) is 6.07 Å². The molecule has 2 aromatic carbocycles. The van der Waals surface area contributed by atoms with Gasteiger partial charge in [0.1, 0.15) is 17.5 Å². The summed E-state index contributed by atoms with van der Waals surface area (Å²) >= 11 is 6.39. The van der Waals surface area contributed by atoms with E-state index in [9.17, 15) is 13.2 Å². The van der Waals surface area contributed by atoms with Gasteiger partial charge in [0.25, 0.3) is 0 Å². The van der Waals surface area contributed by atoms with Crippen LogP contribution in [0.25, 0.3) is 0 Å². The van der Waals surface area contributed by atoms with Crippen molar-refractivity contribution in [1.29, 1.82) is 0 Å². The zero-order valence-corrected chi connectivity index (χ0v) is 10.5. The Morgan fingerprint density at radius 2 is 1.67 bits per heavy atom. The largest absolute Gasteiger partial charge is 0.398 e.